The van der Waals surface area contributed by atoms with E-state index < -0.39 is 7.82 Å². The van der Waals surface area contributed by atoms with Crippen LogP contribution in [0.1, 0.15) is 658 Å². The molecule has 0 aliphatic heterocycles. The zero-order valence-electron chi connectivity index (χ0n) is 87.5. The molecule has 0 aromatic rings. The van der Waals surface area contributed by atoms with Crippen molar-refractivity contribution in [2.45, 2.75) is 658 Å². The Morgan fingerprint density at radius 3 is 0.230 bits per heavy atom. The van der Waals surface area contributed by atoms with Crippen molar-refractivity contribution in [2.24, 2.45) is 0 Å². The summed E-state index contributed by atoms with van der Waals surface area (Å²) in [7, 11) is 9.42. The quantitative estimate of drug-likeness (QED) is 0.0345. The van der Waals surface area contributed by atoms with Crippen LogP contribution in [0.2, 0.25) is 0 Å². The van der Waals surface area contributed by atoms with Gasteiger partial charge in [-0.25, -0.2) is 0 Å². The van der Waals surface area contributed by atoms with Gasteiger partial charge >= 0.3 is 0 Å². The van der Waals surface area contributed by atoms with Crippen molar-refractivity contribution in [3.8, 4) is 0 Å². The van der Waals surface area contributed by atoms with Gasteiger partial charge < -0.3 is 32.7 Å². The minimum absolute atomic E-state index is 1.25. The second-order valence-corrected chi connectivity index (χ2v) is 43.3. The molecule has 0 saturated carbocycles. The second kappa shape index (κ2) is 110. The van der Waals surface area contributed by atoms with Crippen molar-refractivity contribution >= 4 is 7.82 Å². The lowest BCUT2D eigenvalue weighted by molar-refractivity contribution is -0.890. The molecule has 0 bridgehead atoms. The van der Waals surface area contributed by atoms with E-state index in [0.29, 0.717) is 0 Å². The Bertz CT molecular complexity index is 1540. The van der Waals surface area contributed by atoms with Crippen LogP contribution in [0.5, 0.6) is 0 Å². The van der Waals surface area contributed by atoms with Crippen LogP contribution in [0.3, 0.4) is 0 Å². The first-order chi connectivity index (χ1) is 59.4. The summed E-state index contributed by atoms with van der Waals surface area (Å²) in [5.74, 6) is 0. The lowest BCUT2D eigenvalue weighted by Gasteiger charge is -2.36. The van der Waals surface area contributed by atoms with Gasteiger partial charge in [0.2, 0.25) is 0 Å². The molecule has 8 heteroatoms. The fourth-order valence-corrected chi connectivity index (χ4v) is 18.9. The Hall–Kier alpha value is -0.0100. The molecule has 7 nitrogen and oxygen atoms in total. The maximum absolute atomic E-state index is 8.55. The zero-order valence-corrected chi connectivity index (χ0v) is 88.4. The van der Waals surface area contributed by atoms with Gasteiger partial charge in [0.05, 0.1) is 81.6 Å². The minimum atomic E-state index is -5.39. The first-order valence-electron chi connectivity index (χ1n) is 57.6. The monoisotopic (exact) mass is 1750 g/mol. The maximum atomic E-state index is 8.55. The van der Waals surface area contributed by atoms with Gasteiger partial charge in [0.15, 0.2) is 0 Å². The summed E-state index contributed by atoms with van der Waals surface area (Å²) in [6.07, 6.45) is 141. The lowest BCUT2D eigenvalue weighted by Crippen LogP contribution is -2.41. The summed E-state index contributed by atoms with van der Waals surface area (Å²) in [4.78, 5) is 25.6. The van der Waals surface area contributed by atoms with Crippen molar-refractivity contribution < 1.29 is 32.7 Å². The predicted octanol–water partition coefficient (Wildman–Crippen LogP) is 37.9. The van der Waals surface area contributed by atoms with E-state index in [9.17, 15) is 0 Å². The van der Waals surface area contributed by atoms with E-state index in [1.807, 2.05) is 0 Å². The highest BCUT2D eigenvalue weighted by Crippen LogP contribution is 2.24. The molecule has 0 aliphatic carbocycles. The van der Waals surface area contributed by atoms with Crippen LogP contribution in [-0.4, -0.2) is 95.0 Å². The molecule has 122 heavy (non-hydrogen) atoms. The maximum Gasteiger partial charge on any atom is 0.0782 e. The smallest absolute Gasteiger partial charge is 0.0782 e. The number of nitrogens with zero attached hydrogens (tertiary/aromatic N) is 3. The highest BCUT2D eigenvalue weighted by molar-refractivity contribution is 7.40. The fourth-order valence-electron chi connectivity index (χ4n) is 18.9. The van der Waals surface area contributed by atoms with Gasteiger partial charge in [0.25, 0.3) is 0 Å². The third-order valence-electron chi connectivity index (χ3n) is 27.7. The van der Waals surface area contributed by atoms with Crippen LogP contribution in [0.4, 0.5) is 0 Å². The number of phosphoric acid groups is 1. The predicted molar refractivity (Wildman–Crippen MR) is 550 cm³/mol. The van der Waals surface area contributed by atoms with E-state index in [-0.39, 0.29) is 0 Å². The largest absolute Gasteiger partial charge is 0.822 e. The first kappa shape index (κ1) is 128. The molecule has 0 atom stereocenters. The van der Waals surface area contributed by atoms with Crippen molar-refractivity contribution in [3.63, 3.8) is 0 Å². The SMILES string of the molecule is CCCCCCCCCCCCCCCCCC[N+](C)(C)CCCCCCCCCCCCCCCCCC.CCCCCCCCCCCCCCCCCC[N+](C)(C)CCCCCCCCCCCCCCCCCC.CCCCCCCCCCCCCCCCCC[N+](C)(C)CCCCCCCCCCCCCCCCCC.O=P([O-])([O-])[O-]. The average Bonchev–Trinajstić information content (AvgIpc) is 0.950. The van der Waals surface area contributed by atoms with E-state index in [4.69, 9.17) is 19.2 Å². The van der Waals surface area contributed by atoms with Gasteiger partial charge in [-0.2, -0.15) is 7.82 Å². The number of quaternary nitrogens is 3. The van der Waals surface area contributed by atoms with Crippen LogP contribution in [0.15, 0.2) is 0 Å². The van der Waals surface area contributed by atoms with Crippen molar-refractivity contribution in [1.29, 1.82) is 0 Å². The molecule has 0 aromatic heterocycles. The molecule has 0 saturated heterocycles. The molecule has 0 fully saturated rings. The summed E-state index contributed by atoms with van der Waals surface area (Å²) in [5.41, 5.74) is 0. The summed E-state index contributed by atoms with van der Waals surface area (Å²) < 4.78 is 12.3. The third-order valence-corrected chi connectivity index (χ3v) is 27.7. The van der Waals surface area contributed by atoms with E-state index in [1.165, 1.54) is 669 Å². The Morgan fingerprint density at radius 2 is 0.172 bits per heavy atom. The normalized spacial score (nSPS) is 12.0. The van der Waals surface area contributed by atoms with Gasteiger partial charge in [-0.05, 0) is 77.0 Å². The van der Waals surface area contributed by atoms with Gasteiger partial charge in [0, 0.05) is 0 Å². The molecule has 0 aromatic carbocycles. The molecule has 0 N–H and O–H groups in total. The molecule has 740 valence electrons. The molecule has 0 radical (unpaired) electrons. The minimum Gasteiger partial charge on any atom is -0.822 e. The second-order valence-electron chi connectivity index (χ2n) is 42.4. The summed E-state index contributed by atoms with van der Waals surface area (Å²) in [5, 5.41) is 0. The number of hydrogen-bond donors (Lipinski definition) is 0. The van der Waals surface area contributed by atoms with Crippen LogP contribution >= 0.6 is 7.82 Å². The lowest BCUT2D eigenvalue weighted by atomic mass is 10.0. The van der Waals surface area contributed by atoms with Crippen molar-refractivity contribution in [2.75, 3.05) is 81.6 Å². The van der Waals surface area contributed by atoms with Crippen molar-refractivity contribution in [3.05, 3.63) is 0 Å². The Labute approximate surface area is 775 Å². The van der Waals surface area contributed by atoms with Crippen LogP contribution < -0.4 is 14.7 Å². The summed E-state index contributed by atoms with van der Waals surface area (Å²) in [6, 6.07) is 0. The van der Waals surface area contributed by atoms with E-state index in [1.54, 1.807) is 0 Å². The van der Waals surface area contributed by atoms with Gasteiger partial charge in [-0.3, -0.25) is 0 Å². The molecule has 0 amide bonds. The van der Waals surface area contributed by atoms with Gasteiger partial charge in [0.1, 0.15) is 0 Å². The standard InChI is InChI=1S/3C38H80N.H3O4P/c3*1-5-7-9-11-13-15-17-19-21-23-25-27-29-31-33-35-37-39(3,4)38-36-34-32-30-28-26-24-22-20-18-16-14-12-10-8-6-2;1-5(2,3)4/h3*5-38H2,1-4H3;(H3,1,2,3,4)/q3*+1;/p-3. The van der Waals surface area contributed by atoms with Crippen LogP contribution in [-0.2, 0) is 4.57 Å². The molecule has 0 rings (SSSR count). The molecule has 0 unspecified atom stereocenters. The van der Waals surface area contributed by atoms with E-state index in [2.05, 4.69) is 83.8 Å². The number of unbranched alkanes of at least 4 members (excludes halogenated alkanes) is 90. The molecular weight excluding hydrogens is 1510 g/mol. The Kier molecular flexibility index (Phi) is 115. The Morgan fingerprint density at radius 1 is 0.123 bits per heavy atom. The Balaban J connectivity index is -0.000000831. The number of hydrogen-bond acceptors (Lipinski definition) is 4. The van der Waals surface area contributed by atoms with E-state index >= 15 is 0 Å². The zero-order chi connectivity index (χ0) is 90.1. The molecule has 0 heterocycles. The highest BCUT2D eigenvalue weighted by Gasteiger charge is 2.17. The summed E-state index contributed by atoms with van der Waals surface area (Å²) in [6.45, 7) is 22.2. The van der Waals surface area contributed by atoms with Gasteiger partial charge in [-0.1, -0.05) is 581 Å². The van der Waals surface area contributed by atoms with E-state index in [0.717, 1.165) is 0 Å². The molecular formula is C114H240N3O4P. The third kappa shape index (κ3) is 131. The number of rotatable bonds is 102. The molecule has 0 aliphatic rings. The topological polar surface area (TPSA) is 86.2 Å². The first-order valence-corrected chi connectivity index (χ1v) is 59.0. The van der Waals surface area contributed by atoms with Crippen molar-refractivity contribution in [1.82, 2.24) is 0 Å². The summed E-state index contributed by atoms with van der Waals surface area (Å²) >= 11 is 0. The molecule has 0 spiro atoms. The fraction of sp³-hybridized carbons (Fsp3) is 1.00. The average molecular weight is 1750 g/mol. The van der Waals surface area contributed by atoms with Gasteiger partial charge in [-0.15, -0.1) is 0 Å². The van der Waals surface area contributed by atoms with Crippen LogP contribution in [0.25, 0.3) is 0 Å². The highest BCUT2D eigenvalue weighted by atomic mass is 31.2. The van der Waals surface area contributed by atoms with Crippen LogP contribution in [0, 0.1) is 0 Å².